The van der Waals surface area contributed by atoms with Gasteiger partial charge in [0.15, 0.2) is 0 Å². The molecule has 2 aliphatic heterocycles. The summed E-state index contributed by atoms with van der Waals surface area (Å²) >= 11 is 0. The number of nitrogens with zero attached hydrogens (tertiary/aromatic N) is 3. The number of hydrogen-bond acceptors (Lipinski definition) is 3. The summed E-state index contributed by atoms with van der Waals surface area (Å²) in [7, 11) is 0. The van der Waals surface area contributed by atoms with Crippen molar-refractivity contribution in [2.45, 2.75) is 12.8 Å². The van der Waals surface area contributed by atoms with E-state index in [0.29, 0.717) is 38.0 Å². The number of halogens is 1. The zero-order valence-corrected chi connectivity index (χ0v) is 13.7. The lowest BCUT2D eigenvalue weighted by Gasteiger charge is -2.23. The molecule has 2 aromatic rings. The van der Waals surface area contributed by atoms with E-state index in [4.69, 9.17) is 0 Å². The summed E-state index contributed by atoms with van der Waals surface area (Å²) < 4.78 is 13.4. The highest BCUT2D eigenvalue weighted by Gasteiger charge is 2.52. The second-order valence-electron chi connectivity index (χ2n) is 6.69. The minimum atomic E-state index is -0.529. The number of likely N-dealkylation sites (tertiary alicyclic amines) is 1. The predicted octanol–water partition coefficient (Wildman–Crippen LogP) is 2.49. The van der Waals surface area contributed by atoms with Crippen LogP contribution in [0.3, 0.4) is 0 Å². The first-order valence-electron chi connectivity index (χ1n) is 8.36. The zero-order valence-electron chi connectivity index (χ0n) is 13.7. The van der Waals surface area contributed by atoms with Crippen molar-refractivity contribution in [1.29, 1.82) is 0 Å². The van der Waals surface area contributed by atoms with E-state index in [1.54, 1.807) is 28.3 Å². The minimum Gasteiger partial charge on any atom is -0.338 e. The molecule has 3 heterocycles. The van der Waals surface area contributed by atoms with Gasteiger partial charge in [-0.15, -0.1) is 0 Å². The molecule has 1 aromatic heterocycles. The van der Waals surface area contributed by atoms with Gasteiger partial charge in [0.2, 0.25) is 5.91 Å². The Balaban J connectivity index is 1.52. The molecule has 2 aliphatic rings. The van der Waals surface area contributed by atoms with Crippen LogP contribution in [-0.2, 0) is 4.79 Å². The van der Waals surface area contributed by atoms with Gasteiger partial charge in [-0.3, -0.25) is 14.6 Å². The molecule has 1 spiro atoms. The van der Waals surface area contributed by atoms with Crippen LogP contribution in [0.15, 0.2) is 48.8 Å². The Hall–Kier alpha value is -2.76. The highest BCUT2D eigenvalue weighted by atomic mass is 19.1. The maximum atomic E-state index is 13.4. The molecule has 1 aromatic carbocycles. The first kappa shape index (κ1) is 15.7. The van der Waals surface area contributed by atoms with E-state index in [-0.39, 0.29) is 11.8 Å². The van der Waals surface area contributed by atoms with E-state index < -0.39 is 11.2 Å². The van der Waals surface area contributed by atoms with Crippen LogP contribution in [0.4, 0.5) is 10.1 Å². The summed E-state index contributed by atoms with van der Waals surface area (Å²) in [6.45, 7) is 1.53. The largest absolute Gasteiger partial charge is 0.338 e. The van der Waals surface area contributed by atoms with Crippen molar-refractivity contribution >= 4 is 17.5 Å². The van der Waals surface area contributed by atoms with E-state index in [2.05, 4.69) is 4.98 Å². The Bertz CT molecular complexity index is 826. The fourth-order valence-electron chi connectivity index (χ4n) is 3.81. The maximum Gasteiger partial charge on any atom is 0.253 e. The van der Waals surface area contributed by atoms with E-state index in [1.165, 1.54) is 18.2 Å². The summed E-state index contributed by atoms with van der Waals surface area (Å²) in [5, 5.41) is 0. The lowest BCUT2D eigenvalue weighted by Crippen LogP contribution is -2.38. The maximum absolute atomic E-state index is 13.4. The number of hydrogen-bond donors (Lipinski definition) is 0. The van der Waals surface area contributed by atoms with Gasteiger partial charge in [0.25, 0.3) is 5.91 Å². The fourth-order valence-corrected chi connectivity index (χ4v) is 3.81. The fraction of sp³-hybridized carbons (Fsp3) is 0.316. The number of carbonyl (C=O) groups excluding carboxylic acids is 2. The number of amides is 2. The van der Waals surface area contributed by atoms with Gasteiger partial charge in [0.1, 0.15) is 5.82 Å². The number of pyridine rings is 1. The normalized spacial score (nSPS) is 22.8. The lowest BCUT2D eigenvalue weighted by atomic mass is 9.85. The highest BCUT2D eigenvalue weighted by molar-refractivity contribution is 6.01. The Labute approximate surface area is 145 Å². The van der Waals surface area contributed by atoms with Gasteiger partial charge in [0.05, 0.1) is 17.3 Å². The van der Waals surface area contributed by atoms with Gasteiger partial charge in [-0.25, -0.2) is 4.39 Å². The first-order chi connectivity index (χ1) is 12.1. The summed E-state index contributed by atoms with van der Waals surface area (Å²) in [5.74, 6) is -0.599. The van der Waals surface area contributed by atoms with E-state index >= 15 is 0 Å². The van der Waals surface area contributed by atoms with Crippen molar-refractivity contribution in [3.05, 3.63) is 60.2 Å². The number of benzene rings is 1. The second-order valence-corrected chi connectivity index (χ2v) is 6.69. The third-order valence-electron chi connectivity index (χ3n) is 5.18. The van der Waals surface area contributed by atoms with Crippen LogP contribution in [0.5, 0.6) is 0 Å². The second kappa shape index (κ2) is 5.95. The molecule has 2 saturated heterocycles. The Kier molecular flexibility index (Phi) is 3.75. The average Bonchev–Trinajstić information content (AvgIpc) is 3.21. The molecule has 1 atom stereocenters. The van der Waals surface area contributed by atoms with Crippen LogP contribution in [0.2, 0.25) is 0 Å². The Morgan fingerprint density at radius 1 is 1.16 bits per heavy atom. The molecule has 0 N–H and O–H groups in total. The van der Waals surface area contributed by atoms with Crippen LogP contribution in [0, 0.1) is 11.2 Å². The molecule has 128 valence electrons. The van der Waals surface area contributed by atoms with Crippen molar-refractivity contribution in [3.63, 3.8) is 0 Å². The molecule has 4 rings (SSSR count). The van der Waals surface area contributed by atoms with Gasteiger partial charge in [-0.05, 0) is 43.2 Å². The molecule has 0 unspecified atom stereocenters. The predicted molar refractivity (Wildman–Crippen MR) is 90.6 cm³/mol. The summed E-state index contributed by atoms with van der Waals surface area (Å²) in [6.07, 6.45) is 4.72. The van der Waals surface area contributed by atoms with Gasteiger partial charge >= 0.3 is 0 Å². The number of aromatic nitrogens is 1. The van der Waals surface area contributed by atoms with E-state index in [1.807, 2.05) is 12.1 Å². The smallest absolute Gasteiger partial charge is 0.253 e. The van der Waals surface area contributed by atoms with Crippen molar-refractivity contribution in [3.8, 4) is 0 Å². The average molecular weight is 339 g/mol. The van der Waals surface area contributed by atoms with Crippen molar-refractivity contribution in [2.75, 3.05) is 24.5 Å². The molecule has 2 fully saturated rings. The molecule has 0 aliphatic carbocycles. The van der Waals surface area contributed by atoms with Crippen LogP contribution in [0.25, 0.3) is 0 Å². The topological polar surface area (TPSA) is 53.5 Å². The lowest BCUT2D eigenvalue weighted by molar-refractivity contribution is -0.124. The van der Waals surface area contributed by atoms with Crippen LogP contribution in [-0.4, -0.2) is 41.3 Å². The SMILES string of the molecule is O=C(c1cccc(F)c1)N1CC[C@@]2(CCN(c3cccnc3)C2=O)C1. The number of carbonyl (C=O) groups is 2. The summed E-state index contributed by atoms with van der Waals surface area (Å²) in [5.41, 5.74) is 0.588. The van der Waals surface area contributed by atoms with E-state index in [9.17, 15) is 14.0 Å². The van der Waals surface area contributed by atoms with Crippen LogP contribution in [0.1, 0.15) is 23.2 Å². The molecule has 2 amide bonds. The van der Waals surface area contributed by atoms with Crippen molar-refractivity contribution in [1.82, 2.24) is 9.88 Å². The summed E-state index contributed by atoms with van der Waals surface area (Å²) in [6, 6.07) is 9.37. The van der Waals surface area contributed by atoms with Crippen molar-refractivity contribution < 1.29 is 14.0 Å². The molecule has 0 bridgehead atoms. The van der Waals surface area contributed by atoms with Gasteiger partial charge in [0, 0.05) is 31.4 Å². The summed E-state index contributed by atoms with van der Waals surface area (Å²) in [4.78, 5) is 33.1. The van der Waals surface area contributed by atoms with Gasteiger partial charge < -0.3 is 9.80 Å². The third kappa shape index (κ3) is 2.67. The number of anilines is 1. The van der Waals surface area contributed by atoms with E-state index in [0.717, 1.165) is 5.69 Å². The molecule has 0 radical (unpaired) electrons. The standard InChI is InChI=1S/C19H18FN3O2/c20-15-4-1-3-14(11-15)17(24)22-9-6-19(13-22)7-10-23(18(19)25)16-5-2-8-21-12-16/h1-5,8,11-12H,6-7,9-10,13H2/t19-/m1/s1. The highest BCUT2D eigenvalue weighted by Crippen LogP contribution is 2.42. The molecular formula is C19H18FN3O2. The van der Waals surface area contributed by atoms with Gasteiger partial charge in [-0.1, -0.05) is 6.07 Å². The molecule has 0 saturated carbocycles. The number of rotatable bonds is 2. The zero-order chi connectivity index (χ0) is 17.4. The van der Waals surface area contributed by atoms with Crippen LogP contribution < -0.4 is 4.90 Å². The monoisotopic (exact) mass is 339 g/mol. The first-order valence-corrected chi connectivity index (χ1v) is 8.36. The molecule has 6 heteroatoms. The molecule has 5 nitrogen and oxygen atoms in total. The third-order valence-corrected chi connectivity index (χ3v) is 5.18. The molecule has 25 heavy (non-hydrogen) atoms. The quantitative estimate of drug-likeness (QED) is 0.845. The molecular weight excluding hydrogens is 321 g/mol. The van der Waals surface area contributed by atoms with Gasteiger partial charge in [-0.2, -0.15) is 0 Å². The Morgan fingerprint density at radius 2 is 2.00 bits per heavy atom. The minimum absolute atomic E-state index is 0.0510. The van der Waals surface area contributed by atoms with Crippen LogP contribution >= 0.6 is 0 Å². The Morgan fingerprint density at radius 3 is 2.76 bits per heavy atom. The van der Waals surface area contributed by atoms with Crippen molar-refractivity contribution in [2.24, 2.45) is 5.41 Å².